The van der Waals surface area contributed by atoms with Gasteiger partial charge in [-0.3, -0.25) is 9.52 Å². The van der Waals surface area contributed by atoms with Crippen molar-refractivity contribution >= 4 is 27.3 Å². The van der Waals surface area contributed by atoms with Crippen LogP contribution in [0.4, 0.5) is 11.4 Å². The van der Waals surface area contributed by atoms with Gasteiger partial charge in [0.25, 0.3) is 0 Å². The molecule has 1 amide bonds. The third kappa shape index (κ3) is 4.89. The molecule has 2 aromatic carbocycles. The summed E-state index contributed by atoms with van der Waals surface area (Å²) in [6.45, 7) is 1.97. The molecule has 0 bridgehead atoms. The summed E-state index contributed by atoms with van der Waals surface area (Å²) in [6, 6.07) is 14.2. The van der Waals surface area contributed by atoms with Gasteiger partial charge in [-0.25, -0.2) is 8.42 Å². The highest BCUT2D eigenvalue weighted by Gasteiger charge is 2.07. The molecule has 5 nitrogen and oxygen atoms in total. The summed E-state index contributed by atoms with van der Waals surface area (Å²) >= 11 is 0. The normalized spacial score (nSPS) is 11.0. The summed E-state index contributed by atoms with van der Waals surface area (Å²) in [5, 5.41) is 2.79. The molecule has 22 heavy (non-hydrogen) atoms. The molecule has 0 unspecified atom stereocenters. The van der Waals surface area contributed by atoms with E-state index in [2.05, 4.69) is 10.0 Å². The van der Waals surface area contributed by atoms with Crippen molar-refractivity contribution in [3.8, 4) is 0 Å². The molecule has 0 aliphatic rings. The van der Waals surface area contributed by atoms with Gasteiger partial charge in [-0.1, -0.05) is 24.3 Å². The molecule has 0 aliphatic heterocycles. The number of carbonyl (C=O) groups is 1. The van der Waals surface area contributed by atoms with Gasteiger partial charge in [-0.05, 0) is 42.3 Å². The van der Waals surface area contributed by atoms with Crippen LogP contribution in [-0.4, -0.2) is 20.6 Å². The zero-order chi connectivity index (χ0) is 16.2. The van der Waals surface area contributed by atoms with Crippen molar-refractivity contribution in [3.63, 3.8) is 0 Å². The average molecular weight is 318 g/mol. The predicted octanol–water partition coefficient (Wildman–Crippen LogP) is 2.55. The summed E-state index contributed by atoms with van der Waals surface area (Å²) < 4.78 is 24.6. The van der Waals surface area contributed by atoms with Crippen LogP contribution in [0.15, 0.2) is 48.5 Å². The van der Waals surface area contributed by atoms with Crippen LogP contribution in [0.5, 0.6) is 0 Å². The molecule has 0 saturated heterocycles. The highest BCUT2D eigenvalue weighted by molar-refractivity contribution is 7.92. The number of carbonyl (C=O) groups excluding carboxylic acids is 1. The van der Waals surface area contributed by atoms with Crippen LogP contribution in [-0.2, 0) is 21.2 Å². The molecule has 0 aliphatic carbocycles. The standard InChI is InChI=1S/C16H18N2O3S/c1-12-5-3-4-6-13(12)11-16(19)17-14-7-9-15(10-8-14)18-22(2,20)21/h3-10,18H,11H2,1-2H3,(H,17,19). The predicted molar refractivity (Wildman–Crippen MR) is 88.4 cm³/mol. The lowest BCUT2D eigenvalue weighted by atomic mass is 10.1. The smallest absolute Gasteiger partial charge is 0.229 e. The van der Waals surface area contributed by atoms with Crippen LogP contribution in [0.1, 0.15) is 11.1 Å². The third-order valence-corrected chi connectivity index (χ3v) is 3.69. The summed E-state index contributed by atoms with van der Waals surface area (Å²) in [5.41, 5.74) is 3.14. The summed E-state index contributed by atoms with van der Waals surface area (Å²) in [5.74, 6) is -0.113. The molecular formula is C16H18N2O3S. The fourth-order valence-corrected chi connectivity index (χ4v) is 2.59. The first-order chi connectivity index (χ1) is 10.3. The van der Waals surface area contributed by atoms with E-state index in [4.69, 9.17) is 0 Å². The van der Waals surface area contributed by atoms with Gasteiger partial charge in [-0.2, -0.15) is 0 Å². The number of anilines is 2. The first-order valence-electron chi connectivity index (χ1n) is 6.76. The molecular weight excluding hydrogens is 300 g/mol. The van der Waals surface area contributed by atoms with Crippen molar-refractivity contribution in [2.45, 2.75) is 13.3 Å². The highest BCUT2D eigenvalue weighted by Crippen LogP contribution is 2.15. The van der Waals surface area contributed by atoms with E-state index >= 15 is 0 Å². The van der Waals surface area contributed by atoms with Crippen molar-refractivity contribution in [1.82, 2.24) is 0 Å². The van der Waals surface area contributed by atoms with E-state index in [-0.39, 0.29) is 5.91 Å². The Labute approximate surface area is 130 Å². The van der Waals surface area contributed by atoms with Gasteiger partial charge in [0.2, 0.25) is 15.9 Å². The second kappa shape index (κ2) is 6.62. The quantitative estimate of drug-likeness (QED) is 0.889. The Morgan fingerprint density at radius 3 is 2.18 bits per heavy atom. The zero-order valence-corrected chi connectivity index (χ0v) is 13.3. The van der Waals surface area contributed by atoms with Gasteiger partial charge in [0, 0.05) is 11.4 Å². The third-order valence-electron chi connectivity index (χ3n) is 3.08. The van der Waals surface area contributed by atoms with E-state index in [0.717, 1.165) is 17.4 Å². The topological polar surface area (TPSA) is 75.3 Å². The number of rotatable bonds is 5. The lowest BCUT2D eigenvalue weighted by Gasteiger charge is -2.08. The zero-order valence-electron chi connectivity index (χ0n) is 12.5. The molecule has 0 radical (unpaired) electrons. The van der Waals surface area contributed by atoms with Crippen molar-refractivity contribution in [2.24, 2.45) is 0 Å². The van der Waals surface area contributed by atoms with E-state index in [9.17, 15) is 13.2 Å². The van der Waals surface area contributed by atoms with Crippen molar-refractivity contribution in [3.05, 3.63) is 59.7 Å². The van der Waals surface area contributed by atoms with Gasteiger partial charge in [0.1, 0.15) is 0 Å². The maximum atomic E-state index is 12.0. The van der Waals surface area contributed by atoms with E-state index in [1.165, 1.54) is 0 Å². The number of amides is 1. The largest absolute Gasteiger partial charge is 0.326 e. The van der Waals surface area contributed by atoms with Crippen LogP contribution < -0.4 is 10.0 Å². The Morgan fingerprint density at radius 2 is 1.59 bits per heavy atom. The molecule has 116 valence electrons. The second-order valence-corrected chi connectivity index (χ2v) is 6.85. The van der Waals surface area contributed by atoms with Crippen LogP contribution in [0, 0.1) is 6.92 Å². The maximum absolute atomic E-state index is 12.0. The number of nitrogens with one attached hydrogen (secondary N) is 2. The number of hydrogen-bond acceptors (Lipinski definition) is 3. The van der Waals surface area contributed by atoms with Crippen molar-refractivity contribution < 1.29 is 13.2 Å². The van der Waals surface area contributed by atoms with Gasteiger partial charge in [0.15, 0.2) is 0 Å². The molecule has 0 saturated carbocycles. The van der Waals surface area contributed by atoms with Crippen LogP contribution in [0.2, 0.25) is 0 Å². The fourth-order valence-electron chi connectivity index (χ4n) is 2.02. The minimum absolute atomic E-state index is 0.113. The molecule has 6 heteroatoms. The molecule has 0 aromatic heterocycles. The summed E-state index contributed by atoms with van der Waals surface area (Å²) in [6.07, 6.45) is 1.39. The molecule has 2 rings (SSSR count). The molecule has 2 N–H and O–H groups in total. The molecule has 0 fully saturated rings. The summed E-state index contributed by atoms with van der Waals surface area (Å²) in [4.78, 5) is 12.0. The van der Waals surface area contributed by atoms with Crippen LogP contribution >= 0.6 is 0 Å². The number of sulfonamides is 1. The fraction of sp³-hybridized carbons (Fsp3) is 0.188. The first kappa shape index (κ1) is 16.0. The average Bonchev–Trinajstić information content (AvgIpc) is 2.42. The van der Waals surface area contributed by atoms with Gasteiger partial charge in [0.05, 0.1) is 12.7 Å². The summed E-state index contributed by atoms with van der Waals surface area (Å²) in [7, 11) is -3.30. The molecule has 0 spiro atoms. The van der Waals surface area contributed by atoms with Gasteiger partial charge < -0.3 is 5.32 Å². The van der Waals surface area contributed by atoms with Crippen LogP contribution in [0.3, 0.4) is 0 Å². The van der Waals surface area contributed by atoms with Crippen LogP contribution in [0.25, 0.3) is 0 Å². The highest BCUT2D eigenvalue weighted by atomic mass is 32.2. The maximum Gasteiger partial charge on any atom is 0.229 e. The molecule has 0 atom stereocenters. The first-order valence-corrected chi connectivity index (χ1v) is 8.65. The van der Waals surface area contributed by atoms with Gasteiger partial charge >= 0.3 is 0 Å². The Balaban J connectivity index is 1.99. The monoisotopic (exact) mass is 318 g/mol. The van der Waals surface area contributed by atoms with Crippen molar-refractivity contribution in [2.75, 3.05) is 16.3 Å². The van der Waals surface area contributed by atoms with E-state index in [1.807, 2.05) is 31.2 Å². The van der Waals surface area contributed by atoms with Crippen molar-refractivity contribution in [1.29, 1.82) is 0 Å². The Hall–Kier alpha value is -2.34. The molecule has 2 aromatic rings. The lowest BCUT2D eigenvalue weighted by Crippen LogP contribution is -2.15. The molecule has 0 heterocycles. The van der Waals surface area contributed by atoms with E-state index < -0.39 is 10.0 Å². The lowest BCUT2D eigenvalue weighted by molar-refractivity contribution is -0.115. The number of hydrogen-bond donors (Lipinski definition) is 2. The van der Waals surface area contributed by atoms with E-state index in [0.29, 0.717) is 17.8 Å². The minimum atomic E-state index is -3.30. The SMILES string of the molecule is Cc1ccccc1CC(=O)Nc1ccc(NS(C)(=O)=O)cc1. The Bertz CT molecular complexity index is 768. The Morgan fingerprint density at radius 1 is 1.00 bits per heavy atom. The Kier molecular flexibility index (Phi) is 4.82. The van der Waals surface area contributed by atoms with E-state index in [1.54, 1.807) is 24.3 Å². The number of benzene rings is 2. The van der Waals surface area contributed by atoms with Gasteiger partial charge in [-0.15, -0.1) is 0 Å². The minimum Gasteiger partial charge on any atom is -0.326 e. The number of aryl methyl sites for hydroxylation is 1. The second-order valence-electron chi connectivity index (χ2n) is 5.10.